The Morgan fingerprint density at radius 3 is 2.71 bits per heavy atom. The molecule has 2 rings (SSSR count). The van der Waals surface area contributed by atoms with Crippen molar-refractivity contribution in [1.29, 1.82) is 0 Å². The first kappa shape index (κ1) is 10.6. The van der Waals surface area contributed by atoms with Gasteiger partial charge in [-0.3, -0.25) is 0 Å². The molecule has 72 valence electrons. The van der Waals surface area contributed by atoms with Crippen molar-refractivity contribution >= 4 is 49.9 Å². The lowest BCUT2D eigenvalue weighted by atomic mass is 10.1. The van der Waals surface area contributed by atoms with Gasteiger partial charge in [0.1, 0.15) is 0 Å². The molecule has 0 aliphatic heterocycles. The molecule has 0 bridgehead atoms. The number of benzene rings is 1. The molecule has 0 aliphatic carbocycles. The van der Waals surface area contributed by atoms with Crippen LogP contribution in [-0.4, -0.2) is 0 Å². The fraction of sp³-hybridized carbons (Fsp3) is 0.0909. The van der Waals surface area contributed by atoms with Gasteiger partial charge in [-0.2, -0.15) is 0 Å². The summed E-state index contributed by atoms with van der Waals surface area (Å²) < 4.78 is 1.28. The van der Waals surface area contributed by atoms with Crippen molar-refractivity contribution in [3.8, 4) is 0 Å². The lowest BCUT2D eigenvalue weighted by Gasteiger charge is -2.07. The number of hydrogen-bond acceptors (Lipinski definition) is 1. The summed E-state index contributed by atoms with van der Waals surface area (Å²) in [6.07, 6.45) is 0. The van der Waals surface area contributed by atoms with E-state index in [1.54, 1.807) is 11.3 Å². The van der Waals surface area contributed by atoms with E-state index < -0.39 is 0 Å². The van der Waals surface area contributed by atoms with E-state index in [1.807, 2.05) is 0 Å². The highest BCUT2D eigenvalue weighted by molar-refractivity contribution is 14.1. The van der Waals surface area contributed by atoms with Gasteiger partial charge < -0.3 is 0 Å². The molecule has 1 unspecified atom stereocenters. The maximum atomic E-state index is 3.71. The molecule has 0 radical (unpaired) electrons. The number of rotatable bonds is 2. The Kier molecular flexibility index (Phi) is 3.62. The number of thiophene rings is 1. The van der Waals surface area contributed by atoms with Crippen LogP contribution >= 0.6 is 49.9 Å². The van der Waals surface area contributed by atoms with Crippen LogP contribution in [0.2, 0.25) is 0 Å². The van der Waals surface area contributed by atoms with Gasteiger partial charge in [-0.15, -0.1) is 11.3 Å². The molecule has 0 N–H and O–H groups in total. The molecule has 1 aromatic heterocycles. The molecule has 14 heavy (non-hydrogen) atoms. The quantitative estimate of drug-likeness (QED) is 0.518. The SMILES string of the molecule is BrC(c1cccc(I)c1)c1cccs1. The number of alkyl halides is 1. The second-order valence-electron chi connectivity index (χ2n) is 2.93. The molecule has 0 amide bonds. The maximum Gasteiger partial charge on any atom is 0.0738 e. The summed E-state index contributed by atoms with van der Waals surface area (Å²) in [6.45, 7) is 0. The number of halogens is 2. The van der Waals surface area contributed by atoms with E-state index in [0.717, 1.165) is 0 Å². The van der Waals surface area contributed by atoms with Crippen molar-refractivity contribution in [3.63, 3.8) is 0 Å². The first-order chi connectivity index (χ1) is 6.77. The van der Waals surface area contributed by atoms with Crippen molar-refractivity contribution in [2.45, 2.75) is 4.83 Å². The third-order valence-corrected chi connectivity index (χ3v) is 4.87. The van der Waals surface area contributed by atoms with Crippen LogP contribution in [0.15, 0.2) is 41.8 Å². The molecule has 0 aliphatic rings. The van der Waals surface area contributed by atoms with E-state index in [2.05, 4.69) is 80.3 Å². The Balaban J connectivity index is 2.32. The third-order valence-electron chi connectivity index (χ3n) is 1.93. The predicted molar refractivity (Wildman–Crippen MR) is 74.2 cm³/mol. The predicted octanol–water partition coefficient (Wildman–Crippen LogP) is 4.84. The minimum absolute atomic E-state index is 0.331. The van der Waals surface area contributed by atoms with Gasteiger partial charge in [-0.25, -0.2) is 0 Å². The Morgan fingerprint density at radius 2 is 2.07 bits per heavy atom. The summed E-state index contributed by atoms with van der Waals surface area (Å²) in [7, 11) is 0. The normalized spacial score (nSPS) is 12.7. The summed E-state index contributed by atoms with van der Waals surface area (Å²) in [5.41, 5.74) is 1.32. The van der Waals surface area contributed by atoms with Crippen LogP contribution in [0.3, 0.4) is 0 Å². The van der Waals surface area contributed by atoms with Gasteiger partial charge >= 0.3 is 0 Å². The second-order valence-corrected chi connectivity index (χ2v) is 6.07. The largest absolute Gasteiger partial charge is 0.147 e. The molecule has 0 nitrogen and oxygen atoms in total. The van der Waals surface area contributed by atoms with Crippen LogP contribution in [0.1, 0.15) is 15.3 Å². The zero-order chi connectivity index (χ0) is 9.97. The van der Waals surface area contributed by atoms with Gasteiger partial charge in [0.05, 0.1) is 4.83 Å². The molecule has 0 spiro atoms. The Hall–Kier alpha value is 0.130. The van der Waals surface area contributed by atoms with E-state index in [1.165, 1.54) is 14.0 Å². The minimum Gasteiger partial charge on any atom is -0.147 e. The minimum atomic E-state index is 0.331. The standard InChI is InChI=1S/C11H8BrIS/c12-11(10-5-2-6-14-10)8-3-1-4-9(13)7-8/h1-7,11H. The summed E-state index contributed by atoms with van der Waals surface area (Å²) >= 11 is 7.84. The second kappa shape index (κ2) is 4.77. The molecule has 0 saturated carbocycles. The maximum absolute atomic E-state index is 3.71. The monoisotopic (exact) mass is 378 g/mol. The summed E-state index contributed by atoms with van der Waals surface area (Å²) in [4.78, 5) is 1.68. The molecule has 1 atom stereocenters. The van der Waals surface area contributed by atoms with Crippen LogP contribution in [0.25, 0.3) is 0 Å². The van der Waals surface area contributed by atoms with E-state index in [4.69, 9.17) is 0 Å². The van der Waals surface area contributed by atoms with Crippen LogP contribution in [-0.2, 0) is 0 Å². The van der Waals surface area contributed by atoms with E-state index in [9.17, 15) is 0 Å². The first-order valence-corrected chi connectivity index (χ1v) is 7.08. The summed E-state index contributed by atoms with van der Waals surface area (Å²) in [6, 6.07) is 12.8. The lowest BCUT2D eigenvalue weighted by molar-refractivity contribution is 1.22. The highest BCUT2D eigenvalue weighted by atomic mass is 127. The Bertz CT molecular complexity index is 411. The van der Waals surface area contributed by atoms with Crippen LogP contribution < -0.4 is 0 Å². The van der Waals surface area contributed by atoms with Gasteiger partial charge in [-0.05, 0) is 51.7 Å². The van der Waals surface area contributed by atoms with Crippen LogP contribution in [0, 0.1) is 3.57 Å². The first-order valence-electron chi connectivity index (χ1n) is 4.20. The zero-order valence-corrected chi connectivity index (χ0v) is 11.8. The van der Waals surface area contributed by atoms with Gasteiger partial charge in [-0.1, -0.05) is 34.1 Å². The topological polar surface area (TPSA) is 0 Å². The van der Waals surface area contributed by atoms with Crippen molar-refractivity contribution < 1.29 is 0 Å². The molecule has 2 aromatic rings. The highest BCUT2D eigenvalue weighted by Gasteiger charge is 2.10. The molecule has 1 aromatic carbocycles. The zero-order valence-electron chi connectivity index (χ0n) is 7.28. The fourth-order valence-electron chi connectivity index (χ4n) is 1.26. The van der Waals surface area contributed by atoms with Crippen molar-refractivity contribution in [2.75, 3.05) is 0 Å². The van der Waals surface area contributed by atoms with Crippen LogP contribution in [0.4, 0.5) is 0 Å². The van der Waals surface area contributed by atoms with Gasteiger partial charge in [0, 0.05) is 8.45 Å². The Morgan fingerprint density at radius 1 is 1.21 bits per heavy atom. The van der Waals surface area contributed by atoms with Gasteiger partial charge in [0.15, 0.2) is 0 Å². The summed E-state index contributed by atoms with van der Waals surface area (Å²) in [5, 5.41) is 2.11. The molecule has 3 heteroatoms. The van der Waals surface area contributed by atoms with Crippen molar-refractivity contribution in [2.24, 2.45) is 0 Å². The molecule has 0 fully saturated rings. The van der Waals surface area contributed by atoms with Gasteiger partial charge in [0.25, 0.3) is 0 Å². The number of hydrogen-bond donors (Lipinski definition) is 0. The van der Waals surface area contributed by atoms with Crippen LogP contribution in [0.5, 0.6) is 0 Å². The van der Waals surface area contributed by atoms with E-state index in [0.29, 0.717) is 4.83 Å². The molecule has 0 saturated heterocycles. The van der Waals surface area contributed by atoms with Gasteiger partial charge in [0.2, 0.25) is 0 Å². The van der Waals surface area contributed by atoms with Crippen molar-refractivity contribution in [3.05, 3.63) is 55.8 Å². The summed E-state index contributed by atoms with van der Waals surface area (Å²) in [5.74, 6) is 0. The van der Waals surface area contributed by atoms with E-state index in [-0.39, 0.29) is 0 Å². The lowest BCUT2D eigenvalue weighted by Crippen LogP contribution is -1.89. The third kappa shape index (κ3) is 2.38. The van der Waals surface area contributed by atoms with Crippen molar-refractivity contribution in [1.82, 2.24) is 0 Å². The highest BCUT2D eigenvalue weighted by Crippen LogP contribution is 2.33. The average Bonchev–Trinajstić information content (AvgIpc) is 2.69. The molecular formula is C11H8BrIS. The average molecular weight is 379 g/mol. The Labute approximate surface area is 110 Å². The van der Waals surface area contributed by atoms with E-state index >= 15 is 0 Å². The fourth-order valence-corrected chi connectivity index (χ4v) is 3.32. The molecular weight excluding hydrogens is 371 g/mol. The molecule has 1 heterocycles. The smallest absolute Gasteiger partial charge is 0.0738 e.